The van der Waals surface area contributed by atoms with Gasteiger partial charge in [0.25, 0.3) is 0 Å². The molecule has 1 unspecified atom stereocenters. The average molecular weight is 181 g/mol. The first kappa shape index (κ1) is 7.80. The van der Waals surface area contributed by atoms with Gasteiger partial charge in [-0.25, -0.2) is 0 Å². The van der Waals surface area contributed by atoms with Crippen LogP contribution in [0.15, 0.2) is 0 Å². The van der Waals surface area contributed by atoms with E-state index < -0.39 is 0 Å². The molecule has 3 nitrogen and oxygen atoms in total. The van der Waals surface area contributed by atoms with E-state index in [1.807, 2.05) is 4.90 Å². The fraction of sp³-hybridized carbons (Fsp3) is 0.900. The van der Waals surface area contributed by atoms with Crippen LogP contribution in [-0.4, -0.2) is 35.1 Å². The van der Waals surface area contributed by atoms with Gasteiger partial charge in [0.2, 0.25) is 5.91 Å². The molecule has 1 saturated heterocycles. The lowest BCUT2D eigenvalue weighted by Gasteiger charge is -2.14. The number of aliphatic hydroxyl groups excluding tert-OH is 1. The second kappa shape index (κ2) is 2.27. The van der Waals surface area contributed by atoms with Gasteiger partial charge in [-0.15, -0.1) is 0 Å². The van der Waals surface area contributed by atoms with E-state index in [0.717, 1.165) is 32.2 Å². The topological polar surface area (TPSA) is 40.5 Å². The molecule has 0 aromatic rings. The van der Waals surface area contributed by atoms with Crippen LogP contribution in [0.3, 0.4) is 0 Å². The Bertz CT molecular complexity index is 256. The molecule has 3 fully saturated rings. The molecule has 1 atom stereocenters. The summed E-state index contributed by atoms with van der Waals surface area (Å²) in [5.41, 5.74) is 0.130. The lowest BCUT2D eigenvalue weighted by molar-refractivity contribution is -0.131. The molecule has 13 heavy (non-hydrogen) atoms. The van der Waals surface area contributed by atoms with Crippen molar-refractivity contribution < 1.29 is 9.90 Å². The standard InChI is InChI=1S/C10H15NO2/c12-8-5-11(6-10(8)3-4-10)9(13)7-1-2-7/h7-8,12H,1-6H2. The molecule has 3 aliphatic rings. The Morgan fingerprint density at radius 1 is 1.38 bits per heavy atom. The Morgan fingerprint density at radius 2 is 2.08 bits per heavy atom. The van der Waals surface area contributed by atoms with E-state index in [-0.39, 0.29) is 11.5 Å². The van der Waals surface area contributed by atoms with Gasteiger partial charge in [-0.1, -0.05) is 0 Å². The number of nitrogens with zero attached hydrogens (tertiary/aromatic N) is 1. The quantitative estimate of drug-likeness (QED) is 0.635. The first-order valence-electron chi connectivity index (χ1n) is 5.18. The minimum absolute atomic E-state index is 0.130. The highest BCUT2D eigenvalue weighted by Crippen LogP contribution is 2.53. The van der Waals surface area contributed by atoms with E-state index in [2.05, 4.69) is 0 Å². The summed E-state index contributed by atoms with van der Waals surface area (Å²) in [5, 5.41) is 9.75. The van der Waals surface area contributed by atoms with Gasteiger partial charge in [0.05, 0.1) is 6.10 Å². The Labute approximate surface area is 77.7 Å². The molecule has 0 radical (unpaired) electrons. The molecular weight excluding hydrogens is 166 g/mol. The van der Waals surface area contributed by atoms with Gasteiger partial charge < -0.3 is 10.0 Å². The monoisotopic (exact) mass is 181 g/mol. The van der Waals surface area contributed by atoms with Crippen LogP contribution >= 0.6 is 0 Å². The van der Waals surface area contributed by atoms with Gasteiger partial charge in [-0.05, 0) is 25.7 Å². The maximum atomic E-state index is 11.7. The van der Waals surface area contributed by atoms with Crippen molar-refractivity contribution in [3.63, 3.8) is 0 Å². The summed E-state index contributed by atoms with van der Waals surface area (Å²) in [4.78, 5) is 13.6. The van der Waals surface area contributed by atoms with E-state index in [4.69, 9.17) is 0 Å². The van der Waals surface area contributed by atoms with E-state index in [9.17, 15) is 9.90 Å². The van der Waals surface area contributed by atoms with E-state index >= 15 is 0 Å². The number of β-amino-alcohol motifs (C(OH)–C–C–N with tert-alkyl or cyclic N) is 1. The largest absolute Gasteiger partial charge is 0.391 e. The second-order valence-electron chi connectivity index (χ2n) is 4.87. The van der Waals surface area contributed by atoms with E-state index in [1.165, 1.54) is 0 Å². The van der Waals surface area contributed by atoms with E-state index in [0.29, 0.717) is 18.4 Å². The highest BCUT2D eigenvalue weighted by molar-refractivity contribution is 5.81. The minimum Gasteiger partial charge on any atom is -0.391 e. The van der Waals surface area contributed by atoms with Crippen LogP contribution in [0.2, 0.25) is 0 Å². The van der Waals surface area contributed by atoms with Gasteiger partial charge in [-0.2, -0.15) is 0 Å². The van der Waals surface area contributed by atoms with Crippen LogP contribution in [0.4, 0.5) is 0 Å². The van der Waals surface area contributed by atoms with E-state index in [1.54, 1.807) is 0 Å². The summed E-state index contributed by atoms with van der Waals surface area (Å²) in [6.45, 7) is 1.42. The number of hydrogen-bond acceptors (Lipinski definition) is 2. The predicted octanol–water partition coefficient (Wildman–Crippen LogP) is 0.380. The average Bonchev–Trinajstić information content (AvgIpc) is 2.95. The van der Waals surface area contributed by atoms with Gasteiger partial charge >= 0.3 is 0 Å². The maximum absolute atomic E-state index is 11.7. The lowest BCUT2D eigenvalue weighted by Crippen LogP contribution is -2.30. The number of likely N-dealkylation sites (tertiary alicyclic amines) is 1. The third kappa shape index (κ3) is 1.10. The van der Waals surface area contributed by atoms with Crippen LogP contribution in [0.25, 0.3) is 0 Å². The maximum Gasteiger partial charge on any atom is 0.225 e. The SMILES string of the molecule is O=C(C1CC1)N1CC(O)C2(CC2)C1. The molecule has 0 bridgehead atoms. The number of aliphatic hydroxyl groups is 1. The molecule has 1 spiro atoms. The Hall–Kier alpha value is -0.570. The Morgan fingerprint density at radius 3 is 2.54 bits per heavy atom. The normalized spacial score (nSPS) is 35.5. The van der Waals surface area contributed by atoms with Gasteiger partial charge in [0, 0.05) is 24.4 Å². The molecule has 3 rings (SSSR count). The van der Waals surface area contributed by atoms with Crippen LogP contribution in [-0.2, 0) is 4.79 Å². The highest BCUT2D eigenvalue weighted by Gasteiger charge is 2.56. The fourth-order valence-electron chi connectivity index (χ4n) is 2.36. The molecule has 1 N–H and O–H groups in total. The Kier molecular flexibility index (Phi) is 1.36. The lowest BCUT2D eigenvalue weighted by atomic mass is 10.0. The van der Waals surface area contributed by atoms with Crippen LogP contribution < -0.4 is 0 Å². The predicted molar refractivity (Wildman–Crippen MR) is 47.0 cm³/mol. The third-order valence-corrected chi connectivity index (χ3v) is 3.74. The van der Waals surface area contributed by atoms with Crippen molar-refractivity contribution in [2.75, 3.05) is 13.1 Å². The Balaban J connectivity index is 1.70. The van der Waals surface area contributed by atoms with Crippen LogP contribution in [0.5, 0.6) is 0 Å². The third-order valence-electron chi connectivity index (χ3n) is 3.74. The summed E-state index contributed by atoms with van der Waals surface area (Å²) < 4.78 is 0. The first-order valence-corrected chi connectivity index (χ1v) is 5.18. The van der Waals surface area contributed by atoms with Crippen molar-refractivity contribution in [3.8, 4) is 0 Å². The fourth-order valence-corrected chi connectivity index (χ4v) is 2.36. The summed E-state index contributed by atoms with van der Waals surface area (Å²) >= 11 is 0. The molecule has 3 heteroatoms. The molecule has 1 amide bonds. The van der Waals surface area contributed by atoms with Crippen molar-refractivity contribution in [1.29, 1.82) is 0 Å². The van der Waals surface area contributed by atoms with Crippen molar-refractivity contribution in [2.45, 2.75) is 31.8 Å². The smallest absolute Gasteiger partial charge is 0.225 e. The van der Waals surface area contributed by atoms with Crippen molar-refractivity contribution in [2.24, 2.45) is 11.3 Å². The second-order valence-corrected chi connectivity index (χ2v) is 4.87. The summed E-state index contributed by atoms with van der Waals surface area (Å²) in [7, 11) is 0. The molecule has 1 aliphatic heterocycles. The number of rotatable bonds is 1. The molecule has 2 saturated carbocycles. The number of amides is 1. The summed E-state index contributed by atoms with van der Waals surface area (Å²) in [5.74, 6) is 0.601. The molecule has 0 aromatic carbocycles. The number of carbonyl (C=O) groups is 1. The zero-order chi connectivity index (χ0) is 9.05. The number of hydrogen-bond donors (Lipinski definition) is 1. The number of carbonyl (C=O) groups excluding carboxylic acids is 1. The van der Waals surface area contributed by atoms with Crippen molar-refractivity contribution in [3.05, 3.63) is 0 Å². The molecule has 72 valence electrons. The molecule has 1 heterocycles. The summed E-state index contributed by atoms with van der Waals surface area (Å²) in [6, 6.07) is 0. The van der Waals surface area contributed by atoms with Crippen LogP contribution in [0, 0.1) is 11.3 Å². The highest BCUT2D eigenvalue weighted by atomic mass is 16.3. The molecule has 0 aromatic heterocycles. The minimum atomic E-state index is -0.241. The summed E-state index contributed by atoms with van der Waals surface area (Å²) in [6.07, 6.45) is 4.12. The molecule has 2 aliphatic carbocycles. The molecular formula is C10H15NO2. The zero-order valence-electron chi connectivity index (χ0n) is 7.70. The first-order chi connectivity index (χ1) is 6.21. The van der Waals surface area contributed by atoms with Gasteiger partial charge in [-0.3, -0.25) is 4.79 Å². The van der Waals surface area contributed by atoms with Crippen molar-refractivity contribution >= 4 is 5.91 Å². The van der Waals surface area contributed by atoms with Crippen LogP contribution in [0.1, 0.15) is 25.7 Å². The van der Waals surface area contributed by atoms with Crippen molar-refractivity contribution in [1.82, 2.24) is 4.90 Å². The van der Waals surface area contributed by atoms with Gasteiger partial charge in [0.1, 0.15) is 0 Å². The zero-order valence-corrected chi connectivity index (χ0v) is 7.70. The van der Waals surface area contributed by atoms with Gasteiger partial charge in [0.15, 0.2) is 0 Å².